The number of amides is 15. The summed E-state index contributed by atoms with van der Waals surface area (Å²) in [6, 6.07) is 10.0. The lowest BCUT2D eigenvalue weighted by Gasteiger charge is -2.41. The van der Waals surface area contributed by atoms with Crippen molar-refractivity contribution in [3.05, 3.63) is 102 Å². The molecule has 0 radical (unpaired) electrons. The molecule has 0 aliphatic carbocycles. The summed E-state index contributed by atoms with van der Waals surface area (Å²) in [6.07, 6.45) is -0.122. The van der Waals surface area contributed by atoms with Crippen LogP contribution in [-0.2, 0) is 105 Å². The maximum absolute atomic E-state index is 15.1. The molecule has 2 fully saturated rings. The normalized spacial score (nSPS) is 16.5. The number of nitrogens with zero attached hydrogens (tertiary/aromatic N) is 4. The van der Waals surface area contributed by atoms with E-state index in [1.165, 1.54) is 62.4 Å². The highest BCUT2D eigenvalue weighted by atomic mass is 16.5. The van der Waals surface area contributed by atoms with Crippen molar-refractivity contribution in [2.75, 3.05) is 81.3 Å². The number of carbonyl (C=O) groups excluding carboxylic acids is 14. The lowest BCUT2D eigenvalue weighted by molar-refractivity contribution is -0.148. The number of phenolic OH excluding ortho intramolecular Hbond substituents is 1. The fourth-order valence-corrected chi connectivity index (χ4v) is 15.5. The summed E-state index contributed by atoms with van der Waals surface area (Å²) in [7, 11) is 7.45. The molecule has 14 atom stereocenters. The number of aromatic hydroxyl groups is 1. The minimum Gasteiger partial charge on any atom is -0.508 e. The number of methoxy groups -OCH3 is 3. The molecule has 124 heavy (non-hydrogen) atoms. The lowest BCUT2D eigenvalue weighted by atomic mass is 9.89. The van der Waals surface area contributed by atoms with Gasteiger partial charge in [-0.3, -0.25) is 72.1 Å². The predicted molar refractivity (Wildman–Crippen MR) is 456 cm³/mol. The number of unbranched alkanes of at least 4 members (excludes halogenated alkanes) is 2. The topological polar surface area (TPSA) is 521 Å². The number of nitrogens with two attached hydrogens (primary N) is 1. The highest BCUT2D eigenvalue weighted by Crippen LogP contribution is 2.31. The zero-order valence-electron chi connectivity index (χ0n) is 73.5. The SMILES string of the molecule is CC[C@H](C)[C@@H]([C@@H](CC(=O)N1CCC[C@H]1[C@H](OC)[C@@H](C)C(=O)N[C@@H](Cc1ccccc1)C(=O)O)OC)N(C)C(=O)[C@@H](NC(=O)[C@H](C(C)C)N(C)CC(=O)N[C@@H](Cc1ccccc1)C(=O)N[C@@H](CCCNC(N)=O)C(=O)N[C@@H](CCCCNC(=O)[C@H](CCCCNC(=O)CCOC)NC(=O)CN1C(=O)CCC1=O)C(=O)N[C@@H](Cc1ccc(O)cc1)C(=O)O)C(C)C. The van der Waals surface area contributed by atoms with Gasteiger partial charge < -0.3 is 98.2 Å². The first-order valence-corrected chi connectivity index (χ1v) is 42.6. The number of primary amides is 1. The Labute approximate surface area is 725 Å². The predicted octanol–water partition coefficient (Wildman–Crippen LogP) is 1.72. The zero-order chi connectivity index (χ0) is 91.9. The molecule has 686 valence electrons. The van der Waals surface area contributed by atoms with E-state index < -0.39 is 186 Å². The second kappa shape index (κ2) is 53.1. The number of nitrogens with one attached hydrogen (secondary N) is 10. The number of benzene rings is 3. The third kappa shape index (κ3) is 33.8. The molecule has 0 spiro atoms. The van der Waals surface area contributed by atoms with Gasteiger partial charge in [0.15, 0.2) is 0 Å². The number of rotatable bonds is 56. The summed E-state index contributed by atoms with van der Waals surface area (Å²) in [5, 5.41) is 57.3. The average molecular weight is 1740 g/mol. The van der Waals surface area contributed by atoms with Gasteiger partial charge in [0.2, 0.25) is 76.8 Å². The summed E-state index contributed by atoms with van der Waals surface area (Å²) in [4.78, 5) is 224. The molecule has 0 saturated carbocycles. The van der Waals surface area contributed by atoms with Crippen LogP contribution in [0.25, 0.3) is 0 Å². The number of likely N-dealkylation sites (tertiary alicyclic amines) is 2. The van der Waals surface area contributed by atoms with E-state index >= 15 is 4.79 Å². The monoisotopic (exact) mass is 1740 g/mol. The number of ether oxygens (including phenoxy) is 3. The van der Waals surface area contributed by atoms with Crippen molar-refractivity contribution in [1.29, 1.82) is 0 Å². The highest BCUT2D eigenvalue weighted by molar-refractivity contribution is 6.05. The lowest BCUT2D eigenvalue weighted by Crippen LogP contribution is -2.61. The Morgan fingerprint density at radius 2 is 1.03 bits per heavy atom. The molecule has 2 aliphatic heterocycles. The standard InChI is InChI=1S/C87H131N15O22/c1-13-54(6)76(67(123-11)49-73(109)101-44-25-33-66(101)77(124-12)55(7)78(110)96-64(85(117)118)47-57-28-18-15-19-29-57)100(9)84(116)74(52(2)3)98-83(115)75(53(4)5)99(8)50-69(105)93-63(46-56-26-16-14-17-27-56)82(114)95-62(32-24-43-91-87(88)121)80(112)94-61(81(113)97-65(86(119)120)48-58-34-36-59(103)37-35-58)31-21-23-42-90-79(111)60(30-20-22-41-89-68(104)40-45-122-10)92-70(106)51-102-71(107)38-39-72(102)108/h14-19,26-29,34-37,52-55,60-67,74-77,103H,13,20-25,30-33,38-51H2,1-12H3,(H,89,104)(H,90,111)(H,92,106)(H,93,105)(H,94,112)(H,95,114)(H,96,110)(H,97,113)(H,98,115)(H,117,118)(H,119,120)(H3,88,91,121)/t54-,55+,60-,61-,62-,63-,64-,65-,66-,67+,74-,75-,76-,77+/m0/s1. The zero-order valence-corrected chi connectivity index (χ0v) is 73.5. The van der Waals surface area contributed by atoms with Gasteiger partial charge in [0.1, 0.15) is 54.6 Å². The first-order valence-electron chi connectivity index (χ1n) is 42.6. The number of carbonyl (C=O) groups is 16. The molecular weight excluding hydrogens is 1610 g/mol. The fourth-order valence-electron chi connectivity index (χ4n) is 15.5. The number of aliphatic carboxylic acids is 2. The molecule has 37 heteroatoms. The third-order valence-corrected chi connectivity index (χ3v) is 22.4. The molecule has 15 amide bonds. The Balaban J connectivity index is 1.35. The van der Waals surface area contributed by atoms with Crippen LogP contribution in [0, 0.1) is 23.7 Å². The quantitative estimate of drug-likeness (QED) is 0.0283. The van der Waals surface area contributed by atoms with Crippen LogP contribution in [0.2, 0.25) is 0 Å². The van der Waals surface area contributed by atoms with Gasteiger partial charge in [-0.05, 0) is 118 Å². The Hall–Kier alpha value is -11.2. The van der Waals surface area contributed by atoms with Gasteiger partial charge in [-0.1, -0.05) is 128 Å². The summed E-state index contributed by atoms with van der Waals surface area (Å²) < 4.78 is 17.0. The van der Waals surface area contributed by atoms with Gasteiger partial charge >= 0.3 is 18.0 Å². The number of likely N-dealkylation sites (N-methyl/N-ethyl adjacent to an activating group) is 2. The first-order chi connectivity index (χ1) is 58.9. The van der Waals surface area contributed by atoms with Crippen molar-refractivity contribution in [3.63, 3.8) is 0 Å². The average Bonchev–Trinajstić information content (AvgIpc) is 1.77. The number of hydrogen-bond donors (Lipinski definition) is 14. The number of carboxylic acids is 2. The third-order valence-electron chi connectivity index (χ3n) is 22.4. The van der Waals surface area contributed by atoms with Gasteiger partial charge in [-0.25, -0.2) is 14.4 Å². The number of carboxylic acid groups (broad SMARTS) is 2. The molecule has 15 N–H and O–H groups in total. The Bertz CT molecular complexity index is 4010. The number of phenols is 1. The van der Waals surface area contributed by atoms with Crippen molar-refractivity contribution in [1.82, 2.24) is 72.8 Å². The van der Waals surface area contributed by atoms with Crippen LogP contribution in [0.1, 0.15) is 161 Å². The van der Waals surface area contributed by atoms with Crippen LogP contribution in [0.15, 0.2) is 84.9 Å². The maximum Gasteiger partial charge on any atom is 0.326 e. The van der Waals surface area contributed by atoms with Crippen LogP contribution >= 0.6 is 0 Å². The van der Waals surface area contributed by atoms with E-state index in [-0.39, 0.29) is 133 Å². The molecule has 2 aliphatic rings. The molecule has 3 aromatic carbocycles. The summed E-state index contributed by atoms with van der Waals surface area (Å²) >= 11 is 0. The molecule has 37 nitrogen and oxygen atoms in total. The molecule has 0 unspecified atom stereocenters. The molecule has 2 heterocycles. The van der Waals surface area contributed by atoms with Gasteiger partial charge in [-0.2, -0.15) is 0 Å². The van der Waals surface area contributed by atoms with E-state index in [0.29, 0.717) is 55.3 Å². The van der Waals surface area contributed by atoms with Gasteiger partial charge in [0.05, 0.1) is 55.8 Å². The van der Waals surface area contributed by atoms with Crippen molar-refractivity contribution >= 4 is 94.8 Å². The highest BCUT2D eigenvalue weighted by Gasteiger charge is 2.45. The first kappa shape index (κ1) is 103. The van der Waals surface area contributed by atoms with Crippen molar-refractivity contribution < 1.29 is 106 Å². The Morgan fingerprint density at radius 1 is 0.540 bits per heavy atom. The molecular formula is C87H131N15O22. The van der Waals surface area contributed by atoms with Crippen molar-refractivity contribution in [3.8, 4) is 5.75 Å². The van der Waals surface area contributed by atoms with Crippen LogP contribution in [0.4, 0.5) is 4.79 Å². The fraction of sp³-hybridized carbons (Fsp3) is 0.609. The number of urea groups is 1. The van der Waals surface area contributed by atoms with Gasteiger partial charge in [0, 0.05) is 93.1 Å². The summed E-state index contributed by atoms with van der Waals surface area (Å²) in [6.45, 7) is 12.0. The number of imide groups is 1. The Morgan fingerprint density at radius 3 is 1.54 bits per heavy atom. The second-order valence-corrected chi connectivity index (χ2v) is 32.5. The van der Waals surface area contributed by atoms with E-state index in [1.54, 1.807) is 107 Å². The largest absolute Gasteiger partial charge is 0.508 e. The van der Waals surface area contributed by atoms with E-state index in [9.17, 15) is 87.2 Å². The van der Waals surface area contributed by atoms with Crippen LogP contribution in [-0.4, -0.2) is 284 Å². The van der Waals surface area contributed by atoms with Gasteiger partial charge in [-0.15, -0.1) is 0 Å². The molecule has 0 bridgehead atoms. The van der Waals surface area contributed by atoms with E-state index in [0.717, 1.165) is 4.90 Å². The van der Waals surface area contributed by atoms with Crippen molar-refractivity contribution in [2.45, 2.75) is 237 Å². The minimum absolute atomic E-state index is 0.00324. The molecule has 3 aromatic rings. The second-order valence-electron chi connectivity index (χ2n) is 32.5. The van der Waals surface area contributed by atoms with Crippen molar-refractivity contribution in [2.24, 2.45) is 29.4 Å². The maximum atomic E-state index is 15.1. The summed E-state index contributed by atoms with van der Waals surface area (Å²) in [5.74, 6) is -13.3. The van der Waals surface area contributed by atoms with Crippen LogP contribution in [0.3, 0.4) is 0 Å². The van der Waals surface area contributed by atoms with Crippen LogP contribution in [0.5, 0.6) is 5.75 Å². The van der Waals surface area contributed by atoms with E-state index in [4.69, 9.17) is 19.9 Å². The Kier molecular flexibility index (Phi) is 44.3. The molecule has 2 saturated heterocycles. The summed E-state index contributed by atoms with van der Waals surface area (Å²) in [5.41, 5.74) is 7.08. The smallest absolute Gasteiger partial charge is 0.326 e. The number of hydrogen-bond acceptors (Lipinski definition) is 21. The van der Waals surface area contributed by atoms with Crippen LogP contribution < -0.4 is 58.9 Å². The van der Waals surface area contributed by atoms with Gasteiger partial charge in [0.25, 0.3) is 0 Å². The van der Waals surface area contributed by atoms with E-state index in [2.05, 4.69) is 53.2 Å². The molecule has 0 aromatic heterocycles. The minimum atomic E-state index is -1.59. The molecule has 5 rings (SSSR count). The van der Waals surface area contributed by atoms with E-state index in [1.807, 2.05) is 13.8 Å².